The van der Waals surface area contributed by atoms with Crippen LogP contribution in [0.15, 0.2) is 48.5 Å². The Morgan fingerprint density at radius 2 is 1.40 bits per heavy atom. The van der Waals surface area contributed by atoms with Crippen molar-refractivity contribution in [1.29, 1.82) is 0 Å². The van der Waals surface area contributed by atoms with Crippen molar-refractivity contribution >= 4 is 40.6 Å². The summed E-state index contributed by atoms with van der Waals surface area (Å²) < 4.78 is 0. The van der Waals surface area contributed by atoms with E-state index in [-0.39, 0.29) is 78.7 Å². The molecule has 6 rings (SSSR count). The van der Waals surface area contributed by atoms with Crippen molar-refractivity contribution in [3.05, 3.63) is 59.7 Å². The number of aliphatic hydroxyl groups excluding tert-OH is 1. The Kier molecular flexibility index (Phi) is 7.63. The Bertz CT molecular complexity index is 1120. The van der Waals surface area contributed by atoms with Crippen LogP contribution in [-0.4, -0.2) is 77.9 Å². The van der Waals surface area contributed by atoms with Gasteiger partial charge in [0, 0.05) is 42.3 Å². The maximum absolute atomic E-state index is 11.9. The predicted molar refractivity (Wildman–Crippen MR) is 138 cm³/mol. The summed E-state index contributed by atoms with van der Waals surface area (Å²) in [7, 11) is 3.70. The summed E-state index contributed by atoms with van der Waals surface area (Å²) in [6.45, 7) is 4.42. The number of nitrogens with two attached hydrogens (primary N) is 2. The van der Waals surface area contributed by atoms with Crippen LogP contribution in [-0.2, 0) is 20.4 Å². The monoisotopic (exact) mass is 486 g/mol. The van der Waals surface area contributed by atoms with Gasteiger partial charge in [-0.3, -0.25) is 14.5 Å². The molecule has 2 aromatic rings. The molecule has 6 atom stereocenters. The normalized spacial score (nSPS) is 34.1. The van der Waals surface area contributed by atoms with Crippen molar-refractivity contribution < 1.29 is 35.0 Å². The van der Waals surface area contributed by atoms with Crippen molar-refractivity contribution in [2.45, 2.75) is 17.8 Å². The Hall–Kier alpha value is -1.77. The van der Waals surface area contributed by atoms with Crippen LogP contribution in [0.1, 0.15) is 19.5 Å². The zero-order chi connectivity index (χ0) is 23.7. The quantitative estimate of drug-likeness (QED) is 0.249. The molecule has 2 saturated heterocycles. The van der Waals surface area contributed by atoms with Gasteiger partial charge in [0.25, 0.3) is 0 Å². The molecule has 4 aliphatic rings. The summed E-state index contributed by atoms with van der Waals surface area (Å²) in [5.74, 6) is 0.715. The number of nitrogens with zero attached hydrogens (tertiary/aromatic N) is 2. The molecule has 2 amide bonds. The number of likely N-dealkylation sites (tertiary alicyclic amines) is 2. The first-order valence-corrected chi connectivity index (χ1v) is 11.5. The van der Waals surface area contributed by atoms with E-state index < -0.39 is 0 Å². The molecule has 9 heteroatoms. The summed E-state index contributed by atoms with van der Waals surface area (Å²) in [5.41, 5.74) is 14.9. The Morgan fingerprint density at radius 1 is 0.943 bits per heavy atom. The number of hydrogen-bond donors (Lipinski definition) is 3. The number of hydrogen-bond acceptors (Lipinski definition) is 6. The first-order chi connectivity index (χ1) is 15.7. The van der Waals surface area contributed by atoms with E-state index in [9.17, 15) is 14.7 Å². The second kappa shape index (κ2) is 9.60. The van der Waals surface area contributed by atoms with Gasteiger partial charge in [0.05, 0.1) is 18.4 Å². The van der Waals surface area contributed by atoms with Gasteiger partial charge in [-0.15, -0.1) is 0 Å². The number of piperidine rings is 2. The molecule has 5 N–H and O–H groups in total. The van der Waals surface area contributed by atoms with Gasteiger partial charge in [-0.1, -0.05) is 31.2 Å². The minimum atomic E-state index is -0.351. The van der Waals surface area contributed by atoms with Gasteiger partial charge < -0.3 is 22.9 Å². The molecule has 4 fully saturated rings. The minimum Gasteiger partial charge on any atom is -1.00 e. The van der Waals surface area contributed by atoms with Gasteiger partial charge in [0.15, 0.2) is 17.4 Å². The van der Waals surface area contributed by atoms with Crippen molar-refractivity contribution in [3.8, 4) is 0 Å². The fourth-order valence-corrected chi connectivity index (χ4v) is 6.58. The van der Waals surface area contributed by atoms with E-state index in [1.54, 1.807) is 13.1 Å². The first kappa shape index (κ1) is 27.8. The number of imide groups is 1. The van der Waals surface area contributed by atoms with E-state index in [1.165, 1.54) is 10.5 Å². The van der Waals surface area contributed by atoms with E-state index in [2.05, 4.69) is 18.0 Å². The number of anilines is 2. The summed E-state index contributed by atoms with van der Waals surface area (Å²) in [4.78, 5) is 27.4. The standard InChI is InChI=1S/C13H14N2O2.C13H18N2O.Al.Li.4H/c1-13(7-4-3-5-8(14)6-7)9-10(13)12(17)15(2)11(9)16;1-15-6-11-12(7-15)13(11,8-16)9-3-2-4-10(14)5-9;;;;;;/h3-6,9-10H,14H2,1-2H3;2-5,11-12,16H,6-8,14H2,1H3;;;;;;/q;;;+1;;;;-1/t9-,10+,13?;11-,12+,13?;;;;;;. The van der Waals surface area contributed by atoms with Crippen molar-refractivity contribution in [2.75, 3.05) is 45.3 Å². The summed E-state index contributed by atoms with van der Waals surface area (Å²) in [5, 5.41) is 9.73. The van der Waals surface area contributed by atoms with E-state index in [0.29, 0.717) is 17.5 Å². The van der Waals surface area contributed by atoms with E-state index in [4.69, 9.17) is 11.5 Å². The zero-order valence-electron chi connectivity index (χ0n) is 21.4. The second-order valence-electron chi connectivity index (χ2n) is 10.4. The van der Waals surface area contributed by atoms with E-state index in [0.717, 1.165) is 24.3 Å². The Morgan fingerprint density at radius 3 is 1.86 bits per heavy atom. The zero-order valence-corrected chi connectivity index (χ0v) is 20.4. The van der Waals surface area contributed by atoms with Crippen molar-refractivity contribution in [2.24, 2.45) is 23.7 Å². The molecule has 2 aliphatic carbocycles. The maximum atomic E-state index is 11.9. The number of fused-ring (bicyclic) bond motifs is 2. The van der Waals surface area contributed by atoms with Gasteiger partial charge in [-0.2, -0.15) is 0 Å². The molecule has 0 spiro atoms. The van der Waals surface area contributed by atoms with Gasteiger partial charge in [-0.25, -0.2) is 0 Å². The summed E-state index contributed by atoms with van der Waals surface area (Å²) in [6.07, 6.45) is 0. The number of aliphatic hydroxyl groups is 1. The van der Waals surface area contributed by atoms with Crippen LogP contribution >= 0.6 is 0 Å². The fourth-order valence-electron chi connectivity index (χ4n) is 6.58. The topological polar surface area (TPSA) is 113 Å². The van der Waals surface area contributed by atoms with E-state index >= 15 is 0 Å². The first-order valence-electron chi connectivity index (χ1n) is 11.5. The average molecular weight is 487 g/mol. The van der Waals surface area contributed by atoms with Gasteiger partial charge >= 0.3 is 18.9 Å². The third-order valence-corrected chi connectivity index (χ3v) is 8.62. The van der Waals surface area contributed by atoms with Crippen LogP contribution in [0.2, 0.25) is 0 Å². The molecule has 2 unspecified atom stereocenters. The largest absolute Gasteiger partial charge is 1.00 e. The van der Waals surface area contributed by atoms with Gasteiger partial charge in [0.2, 0.25) is 11.8 Å². The molecular weight excluding hydrogens is 450 g/mol. The molecule has 2 heterocycles. The molecule has 0 radical (unpaired) electrons. The number of amides is 2. The fraction of sp³-hybridized carbons (Fsp3) is 0.462. The van der Waals surface area contributed by atoms with Crippen LogP contribution in [0.4, 0.5) is 11.4 Å². The molecule has 35 heavy (non-hydrogen) atoms. The number of rotatable bonds is 3. The minimum absolute atomic E-state index is 0. The third kappa shape index (κ3) is 4.05. The SMILES string of the molecule is CN1C(=O)[C@@H]2[C@H](C1=O)C2(C)c1cccc(N)c1.CN1C[C@@H]2[C@H](C1)C2(CO)c1cccc(N)c1.[AlH3].[H-].[Li+]. The molecule has 182 valence electrons. The van der Waals surface area contributed by atoms with E-state index in [1.807, 2.05) is 43.3 Å². The second-order valence-corrected chi connectivity index (χ2v) is 10.4. The summed E-state index contributed by atoms with van der Waals surface area (Å²) in [6, 6.07) is 15.5. The Labute approximate surface area is 231 Å². The maximum Gasteiger partial charge on any atom is 1.00 e. The molecule has 0 aromatic heterocycles. The average Bonchev–Trinajstić information content (AvgIpc) is 3.50. The molecule has 2 aliphatic heterocycles. The van der Waals surface area contributed by atoms with Crippen molar-refractivity contribution in [3.63, 3.8) is 0 Å². The predicted octanol–water partition coefficient (Wildman–Crippen LogP) is -2.61. The smallest absolute Gasteiger partial charge is 1.00 e. The van der Waals surface area contributed by atoms with Gasteiger partial charge in [-0.05, 0) is 54.3 Å². The van der Waals surface area contributed by atoms with Crippen LogP contribution in [0.5, 0.6) is 0 Å². The number of benzene rings is 2. The molecule has 2 saturated carbocycles. The van der Waals surface area contributed by atoms with Gasteiger partial charge in [0.1, 0.15) is 0 Å². The molecule has 7 nitrogen and oxygen atoms in total. The third-order valence-electron chi connectivity index (χ3n) is 8.62. The Balaban J connectivity index is 0.000000234. The molecule has 2 aromatic carbocycles. The molecular formula is C26H36AlLiN4O3. The molecule has 0 bridgehead atoms. The van der Waals surface area contributed by atoms with Crippen LogP contribution in [0.25, 0.3) is 0 Å². The number of carbonyl (C=O) groups excluding carboxylic acids is 2. The summed E-state index contributed by atoms with van der Waals surface area (Å²) >= 11 is 0. The number of nitrogen functional groups attached to an aromatic ring is 2. The number of carbonyl (C=O) groups is 2. The van der Waals surface area contributed by atoms with Crippen LogP contribution in [0.3, 0.4) is 0 Å². The van der Waals surface area contributed by atoms with Crippen LogP contribution < -0.4 is 30.3 Å². The van der Waals surface area contributed by atoms with Crippen molar-refractivity contribution in [1.82, 2.24) is 9.80 Å². The van der Waals surface area contributed by atoms with Crippen LogP contribution in [0, 0.1) is 23.7 Å².